The number of hydrogen-bond acceptors (Lipinski definition) is 8. The van der Waals surface area contributed by atoms with Crippen molar-refractivity contribution in [1.82, 2.24) is 9.88 Å². The van der Waals surface area contributed by atoms with Crippen molar-refractivity contribution < 1.29 is 28.5 Å². The Hall–Kier alpha value is -4.53. The number of carbonyl (C=O) groups excluding carboxylic acids is 2. The Morgan fingerprint density at radius 2 is 1.81 bits per heavy atom. The van der Waals surface area contributed by atoms with Gasteiger partial charge in [-0.05, 0) is 48.0 Å². The fourth-order valence-electron chi connectivity index (χ4n) is 4.31. The zero-order chi connectivity index (χ0) is 25.8. The van der Waals surface area contributed by atoms with Crippen LogP contribution in [0, 0.1) is 0 Å². The highest BCUT2D eigenvalue weighted by atomic mass is 16.5. The summed E-state index contributed by atoms with van der Waals surface area (Å²) in [5, 5.41) is 0. The first kappa shape index (κ1) is 24.2. The van der Waals surface area contributed by atoms with Gasteiger partial charge in [-0.2, -0.15) is 0 Å². The highest BCUT2D eigenvalue weighted by Gasteiger charge is 2.28. The lowest BCUT2D eigenvalue weighted by molar-refractivity contribution is -0.133. The summed E-state index contributed by atoms with van der Waals surface area (Å²) in [6.07, 6.45) is 3.42. The first-order chi connectivity index (χ1) is 18.1. The van der Waals surface area contributed by atoms with Crippen LogP contribution in [0.4, 0.5) is 5.82 Å². The normalized spacial score (nSPS) is 15.8. The number of amides is 1. The molecule has 2 aliphatic heterocycles. The quantitative estimate of drug-likeness (QED) is 0.455. The SMILES string of the molecule is COc1ccc(C=C2Oc3cc(OCC(=O)N4CCN(c5ccccn5)CC4)ccc3C2=O)cc1OC. The van der Waals surface area contributed by atoms with Gasteiger partial charge < -0.3 is 28.7 Å². The number of ketones is 1. The molecule has 3 aromatic rings. The molecule has 1 amide bonds. The number of anilines is 1. The first-order valence-corrected chi connectivity index (χ1v) is 11.9. The molecule has 0 N–H and O–H groups in total. The first-order valence-electron chi connectivity index (χ1n) is 11.9. The van der Waals surface area contributed by atoms with Crippen LogP contribution < -0.4 is 23.8 Å². The highest BCUT2D eigenvalue weighted by Crippen LogP contribution is 2.36. The van der Waals surface area contributed by atoms with E-state index in [1.54, 1.807) is 61.7 Å². The van der Waals surface area contributed by atoms with Crippen LogP contribution in [0.25, 0.3) is 6.08 Å². The van der Waals surface area contributed by atoms with Gasteiger partial charge in [-0.3, -0.25) is 9.59 Å². The molecule has 0 aliphatic carbocycles. The van der Waals surface area contributed by atoms with Crippen molar-refractivity contribution in [3.63, 3.8) is 0 Å². The molecule has 2 aliphatic rings. The van der Waals surface area contributed by atoms with Gasteiger partial charge in [-0.1, -0.05) is 12.1 Å². The number of rotatable bonds is 7. The second-order valence-electron chi connectivity index (χ2n) is 8.56. The number of piperazine rings is 1. The lowest BCUT2D eigenvalue weighted by Gasteiger charge is -2.35. The Labute approximate surface area is 214 Å². The van der Waals surface area contributed by atoms with E-state index in [4.69, 9.17) is 18.9 Å². The Morgan fingerprint density at radius 1 is 1.00 bits per heavy atom. The summed E-state index contributed by atoms with van der Waals surface area (Å²) in [5.41, 5.74) is 1.18. The largest absolute Gasteiger partial charge is 0.493 e. The van der Waals surface area contributed by atoms with Gasteiger partial charge in [0.25, 0.3) is 5.91 Å². The molecule has 2 aromatic carbocycles. The number of carbonyl (C=O) groups is 2. The maximum Gasteiger partial charge on any atom is 0.260 e. The van der Waals surface area contributed by atoms with E-state index in [1.807, 2.05) is 24.3 Å². The summed E-state index contributed by atoms with van der Waals surface area (Å²) >= 11 is 0. The predicted molar refractivity (Wildman–Crippen MR) is 137 cm³/mol. The highest BCUT2D eigenvalue weighted by molar-refractivity contribution is 6.14. The monoisotopic (exact) mass is 501 g/mol. The van der Waals surface area contributed by atoms with Crippen molar-refractivity contribution in [1.29, 1.82) is 0 Å². The van der Waals surface area contributed by atoms with Gasteiger partial charge >= 0.3 is 0 Å². The lowest BCUT2D eigenvalue weighted by Crippen LogP contribution is -2.50. The van der Waals surface area contributed by atoms with Crippen molar-refractivity contribution in [2.75, 3.05) is 51.9 Å². The predicted octanol–water partition coefficient (Wildman–Crippen LogP) is 3.44. The standard InChI is InChI=1S/C28H27N3O6/c1-34-22-9-6-19(15-24(22)35-2)16-25-28(33)21-8-7-20(17-23(21)37-25)36-18-27(32)31-13-11-30(12-14-31)26-5-3-4-10-29-26/h3-10,15-17H,11-14,18H2,1-2H3. The third-order valence-corrected chi connectivity index (χ3v) is 6.31. The van der Waals surface area contributed by atoms with Crippen LogP contribution in [0.15, 0.2) is 66.6 Å². The van der Waals surface area contributed by atoms with Gasteiger partial charge in [0.2, 0.25) is 5.78 Å². The number of ether oxygens (including phenoxy) is 4. The number of benzene rings is 2. The second-order valence-corrected chi connectivity index (χ2v) is 8.56. The summed E-state index contributed by atoms with van der Waals surface area (Å²) in [7, 11) is 3.11. The van der Waals surface area contributed by atoms with Crippen LogP contribution in [0.5, 0.6) is 23.0 Å². The van der Waals surface area contributed by atoms with Gasteiger partial charge in [0, 0.05) is 38.4 Å². The summed E-state index contributed by atoms with van der Waals surface area (Å²) in [6.45, 7) is 2.54. The second kappa shape index (κ2) is 10.6. The Bertz CT molecular complexity index is 1330. The average Bonchev–Trinajstić information content (AvgIpc) is 3.26. The summed E-state index contributed by atoms with van der Waals surface area (Å²) in [5.74, 6) is 2.80. The average molecular weight is 502 g/mol. The van der Waals surface area contributed by atoms with Crippen LogP contribution in [-0.2, 0) is 4.79 Å². The topological polar surface area (TPSA) is 90.4 Å². The van der Waals surface area contributed by atoms with Crippen molar-refractivity contribution in [2.45, 2.75) is 0 Å². The number of Topliss-reactive ketones (excluding diaryl/α,β-unsaturated/α-hetero) is 1. The minimum absolute atomic E-state index is 0.0906. The van der Waals surface area contributed by atoms with E-state index >= 15 is 0 Å². The van der Waals surface area contributed by atoms with Crippen molar-refractivity contribution >= 4 is 23.6 Å². The Morgan fingerprint density at radius 3 is 2.54 bits per heavy atom. The summed E-state index contributed by atoms with van der Waals surface area (Å²) in [6, 6.07) is 16.1. The van der Waals surface area contributed by atoms with Crippen molar-refractivity contribution in [3.05, 3.63) is 77.7 Å². The summed E-state index contributed by atoms with van der Waals surface area (Å²) < 4.78 is 22.2. The molecule has 9 heteroatoms. The van der Waals surface area contributed by atoms with Gasteiger partial charge in [0.15, 0.2) is 23.9 Å². The van der Waals surface area contributed by atoms with E-state index in [2.05, 4.69) is 9.88 Å². The maximum absolute atomic E-state index is 12.8. The molecule has 0 saturated carbocycles. The van der Waals surface area contributed by atoms with E-state index in [1.165, 1.54) is 0 Å². The maximum atomic E-state index is 12.8. The molecule has 1 aromatic heterocycles. The van der Waals surface area contributed by atoms with Crippen LogP contribution in [0.3, 0.4) is 0 Å². The molecular formula is C28H27N3O6. The minimum Gasteiger partial charge on any atom is -0.493 e. The van der Waals surface area contributed by atoms with E-state index in [0.717, 1.165) is 11.4 Å². The van der Waals surface area contributed by atoms with E-state index in [-0.39, 0.29) is 24.1 Å². The number of allylic oxidation sites excluding steroid dienone is 1. The number of pyridine rings is 1. The van der Waals surface area contributed by atoms with Crippen LogP contribution in [-0.4, -0.2) is 68.6 Å². The zero-order valence-electron chi connectivity index (χ0n) is 20.7. The van der Waals surface area contributed by atoms with E-state index < -0.39 is 0 Å². The van der Waals surface area contributed by atoms with Gasteiger partial charge in [0.1, 0.15) is 17.3 Å². The molecule has 0 atom stereocenters. The number of nitrogens with zero attached hydrogens (tertiary/aromatic N) is 3. The van der Waals surface area contributed by atoms with Gasteiger partial charge in [0.05, 0.1) is 19.8 Å². The van der Waals surface area contributed by atoms with Crippen LogP contribution in [0.1, 0.15) is 15.9 Å². The van der Waals surface area contributed by atoms with E-state index in [9.17, 15) is 9.59 Å². The molecule has 1 saturated heterocycles. The Kier molecular flexibility index (Phi) is 6.93. The summed E-state index contributed by atoms with van der Waals surface area (Å²) in [4.78, 5) is 33.9. The van der Waals surface area contributed by atoms with Gasteiger partial charge in [-0.25, -0.2) is 4.98 Å². The molecule has 0 unspecified atom stereocenters. The minimum atomic E-state index is -0.224. The fourth-order valence-corrected chi connectivity index (χ4v) is 4.31. The Balaban J connectivity index is 1.19. The van der Waals surface area contributed by atoms with Gasteiger partial charge in [-0.15, -0.1) is 0 Å². The van der Waals surface area contributed by atoms with Crippen LogP contribution >= 0.6 is 0 Å². The third-order valence-electron chi connectivity index (χ3n) is 6.31. The third kappa shape index (κ3) is 5.20. The number of methoxy groups -OCH3 is 2. The van der Waals surface area contributed by atoms with Crippen molar-refractivity contribution in [2.24, 2.45) is 0 Å². The number of fused-ring (bicyclic) bond motifs is 1. The number of aromatic nitrogens is 1. The lowest BCUT2D eigenvalue weighted by atomic mass is 10.1. The fraction of sp³-hybridized carbons (Fsp3) is 0.250. The molecule has 0 bridgehead atoms. The van der Waals surface area contributed by atoms with Crippen molar-refractivity contribution in [3.8, 4) is 23.0 Å². The molecule has 9 nitrogen and oxygen atoms in total. The molecule has 0 spiro atoms. The molecule has 190 valence electrons. The molecule has 5 rings (SSSR count). The molecule has 0 radical (unpaired) electrons. The molecule has 1 fully saturated rings. The smallest absolute Gasteiger partial charge is 0.260 e. The van der Waals surface area contributed by atoms with Crippen LogP contribution in [0.2, 0.25) is 0 Å². The number of hydrogen-bond donors (Lipinski definition) is 0. The molecular weight excluding hydrogens is 474 g/mol. The molecule has 37 heavy (non-hydrogen) atoms. The zero-order valence-corrected chi connectivity index (χ0v) is 20.7. The van der Waals surface area contributed by atoms with E-state index in [0.29, 0.717) is 54.7 Å². The molecule has 3 heterocycles.